The first-order valence-electron chi connectivity index (χ1n) is 9.24. The van der Waals surface area contributed by atoms with E-state index in [4.69, 9.17) is 5.73 Å². The molecule has 3 N–H and O–H groups in total. The quantitative estimate of drug-likeness (QED) is 0.742. The zero-order valence-corrected chi connectivity index (χ0v) is 14.6. The number of aromatic nitrogens is 4. The van der Waals surface area contributed by atoms with Gasteiger partial charge in [0.05, 0.1) is 29.6 Å². The van der Waals surface area contributed by atoms with Gasteiger partial charge < -0.3 is 20.0 Å². The highest BCUT2D eigenvalue weighted by molar-refractivity contribution is 5.50. The number of nitrogens with two attached hydrogens (primary N) is 1. The second kappa shape index (κ2) is 5.79. The molecule has 2 saturated carbocycles. The van der Waals surface area contributed by atoms with E-state index in [1.807, 2.05) is 21.7 Å². The highest BCUT2D eigenvalue weighted by atomic mass is 16.3. The second-order valence-electron chi connectivity index (χ2n) is 7.68. The number of aliphatic hydroxyl groups is 1. The van der Waals surface area contributed by atoms with E-state index in [-0.39, 0.29) is 0 Å². The van der Waals surface area contributed by atoms with Crippen molar-refractivity contribution in [2.75, 3.05) is 0 Å². The molecule has 2 aliphatic carbocycles. The van der Waals surface area contributed by atoms with Crippen molar-refractivity contribution in [1.82, 2.24) is 19.1 Å². The Kier molecular flexibility index (Phi) is 3.52. The minimum absolute atomic E-state index is 0.373. The van der Waals surface area contributed by atoms with Gasteiger partial charge in [-0.05, 0) is 49.3 Å². The third-order valence-electron chi connectivity index (χ3n) is 5.93. The zero-order chi connectivity index (χ0) is 17.7. The fourth-order valence-electron chi connectivity index (χ4n) is 4.17. The topological polar surface area (TPSA) is 81.9 Å². The van der Waals surface area contributed by atoms with Crippen molar-refractivity contribution in [2.45, 2.75) is 43.7 Å². The van der Waals surface area contributed by atoms with Gasteiger partial charge in [0.25, 0.3) is 0 Å². The van der Waals surface area contributed by atoms with Crippen molar-refractivity contribution in [3.05, 3.63) is 60.7 Å². The lowest BCUT2D eigenvalue weighted by molar-refractivity contribution is -0.0687. The molecule has 0 saturated heterocycles. The summed E-state index contributed by atoms with van der Waals surface area (Å²) in [5.41, 5.74) is 9.69. The number of hydrogen-bond acceptors (Lipinski definition) is 4. The molecule has 0 spiro atoms. The third kappa shape index (κ3) is 2.57. The molecule has 134 valence electrons. The van der Waals surface area contributed by atoms with E-state index in [1.54, 1.807) is 12.5 Å². The summed E-state index contributed by atoms with van der Waals surface area (Å²) in [5, 5.41) is 10.5. The summed E-state index contributed by atoms with van der Waals surface area (Å²) in [6.07, 6.45) is 13.5. The van der Waals surface area contributed by atoms with Crippen molar-refractivity contribution in [3.63, 3.8) is 0 Å². The molecule has 0 aliphatic heterocycles. The Balaban J connectivity index is 1.41. The van der Waals surface area contributed by atoms with E-state index in [9.17, 15) is 5.11 Å². The maximum Gasteiger partial charge on any atom is 0.0995 e. The number of nitrogens with zero attached hydrogens (tertiary/aromatic N) is 4. The Morgan fingerprint density at radius 1 is 1.19 bits per heavy atom. The van der Waals surface area contributed by atoms with Crippen molar-refractivity contribution in [3.8, 4) is 11.4 Å². The first-order valence-corrected chi connectivity index (χ1v) is 9.24. The van der Waals surface area contributed by atoms with Gasteiger partial charge in [0.1, 0.15) is 0 Å². The van der Waals surface area contributed by atoms with E-state index >= 15 is 0 Å². The van der Waals surface area contributed by atoms with Gasteiger partial charge in [0.15, 0.2) is 0 Å². The van der Waals surface area contributed by atoms with Gasteiger partial charge in [-0.2, -0.15) is 0 Å². The molecule has 5 rings (SSSR count). The average molecular weight is 349 g/mol. The molecular formula is C20H23N5O. The molecule has 26 heavy (non-hydrogen) atoms. The first kappa shape index (κ1) is 15.8. The molecule has 2 heterocycles. The summed E-state index contributed by atoms with van der Waals surface area (Å²) in [4.78, 5) is 8.74. The molecule has 2 aromatic heterocycles. The highest BCUT2D eigenvalue weighted by Gasteiger charge is 2.53. The molecule has 0 amide bonds. The van der Waals surface area contributed by atoms with E-state index < -0.39 is 5.60 Å². The Labute approximate surface area is 152 Å². The lowest BCUT2D eigenvalue weighted by Gasteiger charge is -2.43. The van der Waals surface area contributed by atoms with Crippen LogP contribution in [-0.4, -0.2) is 29.8 Å². The van der Waals surface area contributed by atoms with Gasteiger partial charge in [-0.3, -0.25) is 0 Å². The molecule has 0 unspecified atom stereocenters. The lowest BCUT2D eigenvalue weighted by atomic mass is 9.67. The number of benzene rings is 1. The summed E-state index contributed by atoms with van der Waals surface area (Å²) in [7, 11) is 0. The number of hydrogen-bond donors (Lipinski definition) is 2. The molecule has 3 aromatic rings. The van der Waals surface area contributed by atoms with Crippen LogP contribution < -0.4 is 5.73 Å². The highest BCUT2D eigenvalue weighted by Crippen LogP contribution is 2.55. The Hall–Kier alpha value is -2.44. The fourth-order valence-corrected chi connectivity index (χ4v) is 4.17. The lowest BCUT2D eigenvalue weighted by Crippen LogP contribution is -2.44. The van der Waals surface area contributed by atoms with E-state index in [1.165, 1.54) is 12.8 Å². The average Bonchev–Trinajstić information content (AvgIpc) is 3.15. The van der Waals surface area contributed by atoms with Crippen LogP contribution >= 0.6 is 0 Å². The van der Waals surface area contributed by atoms with Crippen LogP contribution in [0.25, 0.3) is 11.4 Å². The van der Waals surface area contributed by atoms with Gasteiger partial charge in [-0.25, -0.2) is 9.97 Å². The predicted octanol–water partition coefficient (Wildman–Crippen LogP) is 2.54. The van der Waals surface area contributed by atoms with E-state index in [2.05, 4.69) is 34.4 Å². The molecule has 0 radical (unpaired) electrons. The van der Waals surface area contributed by atoms with Crippen LogP contribution in [0.4, 0.5) is 0 Å². The van der Waals surface area contributed by atoms with Crippen molar-refractivity contribution in [2.24, 2.45) is 11.7 Å². The largest absolute Gasteiger partial charge is 0.390 e. The summed E-state index contributed by atoms with van der Waals surface area (Å²) >= 11 is 0. The normalized spacial score (nSPS) is 25.2. The molecule has 1 aromatic carbocycles. The summed E-state index contributed by atoms with van der Waals surface area (Å²) in [6.45, 7) is 0.477. The summed E-state index contributed by atoms with van der Waals surface area (Å²) in [5.74, 6) is 0.903. The van der Waals surface area contributed by atoms with E-state index in [0.717, 1.165) is 35.5 Å². The predicted molar refractivity (Wildman–Crippen MR) is 98.2 cm³/mol. The summed E-state index contributed by atoms with van der Waals surface area (Å²) < 4.78 is 4.02. The smallest absolute Gasteiger partial charge is 0.0995 e. The maximum absolute atomic E-state index is 10.5. The van der Waals surface area contributed by atoms with Gasteiger partial charge in [0, 0.05) is 36.7 Å². The summed E-state index contributed by atoms with van der Waals surface area (Å²) in [6, 6.07) is 6.23. The minimum Gasteiger partial charge on any atom is -0.390 e. The molecule has 0 bridgehead atoms. The van der Waals surface area contributed by atoms with Crippen LogP contribution in [0.5, 0.6) is 0 Å². The minimum atomic E-state index is -0.425. The maximum atomic E-state index is 10.5. The SMILES string of the molecule is NCc1ccc(-n2cnc(C3CC(O)(C4CC4)C3)c2)cc1-n1ccnc1. The van der Waals surface area contributed by atoms with Crippen molar-refractivity contribution >= 4 is 0 Å². The standard InChI is InChI=1S/C20H23N5O/c21-10-14-1-4-17(7-19(14)24-6-5-22-12-24)25-11-18(23-13-25)15-8-20(26,9-15)16-2-3-16/h1,4-7,11-13,15-16,26H,2-3,8-10,21H2. The van der Waals surface area contributed by atoms with Crippen molar-refractivity contribution < 1.29 is 5.11 Å². The van der Waals surface area contributed by atoms with Crippen LogP contribution in [-0.2, 0) is 6.54 Å². The third-order valence-corrected chi connectivity index (χ3v) is 5.93. The van der Waals surface area contributed by atoms with Crippen LogP contribution in [0.1, 0.15) is 42.9 Å². The van der Waals surface area contributed by atoms with Crippen LogP contribution in [0.15, 0.2) is 49.4 Å². The molecule has 0 atom stereocenters. The monoisotopic (exact) mass is 349 g/mol. The van der Waals surface area contributed by atoms with Crippen molar-refractivity contribution in [1.29, 1.82) is 0 Å². The Morgan fingerprint density at radius 2 is 2.04 bits per heavy atom. The molecule has 6 heteroatoms. The van der Waals surface area contributed by atoms with E-state index in [0.29, 0.717) is 18.4 Å². The molecule has 6 nitrogen and oxygen atoms in total. The number of rotatable bonds is 5. The van der Waals surface area contributed by atoms with Crippen LogP contribution in [0.3, 0.4) is 0 Å². The Bertz CT molecular complexity index is 920. The Morgan fingerprint density at radius 3 is 2.73 bits per heavy atom. The molecule has 2 fully saturated rings. The molecule has 2 aliphatic rings. The fraction of sp³-hybridized carbons (Fsp3) is 0.400. The van der Waals surface area contributed by atoms with Gasteiger partial charge in [-0.1, -0.05) is 6.07 Å². The van der Waals surface area contributed by atoms with Crippen LogP contribution in [0.2, 0.25) is 0 Å². The second-order valence-corrected chi connectivity index (χ2v) is 7.68. The van der Waals surface area contributed by atoms with Gasteiger partial charge in [-0.15, -0.1) is 0 Å². The number of imidazole rings is 2. The zero-order valence-electron chi connectivity index (χ0n) is 14.6. The van der Waals surface area contributed by atoms with Crippen LogP contribution in [0, 0.1) is 5.92 Å². The van der Waals surface area contributed by atoms with Gasteiger partial charge >= 0.3 is 0 Å². The van der Waals surface area contributed by atoms with Gasteiger partial charge in [0.2, 0.25) is 0 Å². The molecular weight excluding hydrogens is 326 g/mol. The first-order chi connectivity index (χ1) is 12.7.